The molecule has 0 saturated heterocycles. The van der Waals surface area contributed by atoms with Gasteiger partial charge in [0.2, 0.25) is 5.82 Å². The van der Waals surface area contributed by atoms with Gasteiger partial charge in [-0.1, -0.05) is 37.8 Å². The Labute approximate surface area is 223 Å². The lowest BCUT2D eigenvalue weighted by atomic mass is 10.1. The van der Waals surface area contributed by atoms with Crippen molar-refractivity contribution in [2.45, 2.75) is 32.6 Å². The van der Waals surface area contributed by atoms with Crippen LogP contribution in [-0.4, -0.2) is 33.4 Å². The average Bonchev–Trinajstić information content (AvgIpc) is 3.34. The first-order valence-electron chi connectivity index (χ1n) is 12.1. The molecule has 0 aliphatic heterocycles. The molecule has 1 amide bonds. The predicted molar refractivity (Wildman–Crippen MR) is 141 cm³/mol. The number of ether oxygens (including phenoxy) is 1. The van der Waals surface area contributed by atoms with Crippen molar-refractivity contribution in [3.63, 3.8) is 0 Å². The molecular formula is C27H25ClF2N6O2. The monoisotopic (exact) mass is 538 g/mol. The van der Waals surface area contributed by atoms with Gasteiger partial charge in [0, 0.05) is 30.2 Å². The number of unbranched alkanes of at least 4 members (excludes halogenated alkanes) is 3. The third kappa shape index (κ3) is 5.84. The molecule has 0 radical (unpaired) electrons. The number of aromatic nitrogens is 3. The molecule has 0 bridgehead atoms. The summed E-state index contributed by atoms with van der Waals surface area (Å²) in [6.07, 6.45) is 8.68. The summed E-state index contributed by atoms with van der Waals surface area (Å²) >= 11 is 6.38. The van der Waals surface area contributed by atoms with Crippen molar-refractivity contribution in [3.8, 4) is 23.1 Å². The van der Waals surface area contributed by atoms with Gasteiger partial charge in [0.15, 0.2) is 29.6 Å². The average molecular weight is 539 g/mol. The normalized spacial score (nSPS) is 10.8. The second-order valence-electron chi connectivity index (χ2n) is 8.44. The van der Waals surface area contributed by atoms with Gasteiger partial charge < -0.3 is 15.4 Å². The highest BCUT2D eigenvalue weighted by molar-refractivity contribution is 6.34. The van der Waals surface area contributed by atoms with Gasteiger partial charge >= 0.3 is 0 Å². The van der Waals surface area contributed by atoms with Crippen LogP contribution in [0.5, 0.6) is 5.75 Å². The number of halogens is 3. The zero-order valence-corrected chi connectivity index (χ0v) is 21.4. The number of fused-ring (bicyclic) bond motifs is 1. The van der Waals surface area contributed by atoms with Crippen LogP contribution in [0.3, 0.4) is 0 Å². The molecule has 0 unspecified atom stereocenters. The maximum Gasteiger partial charge on any atom is 0.252 e. The molecule has 8 nitrogen and oxygen atoms in total. The summed E-state index contributed by atoms with van der Waals surface area (Å²) in [5, 5.41) is 14.9. The number of hydrogen-bond donors (Lipinski definition) is 2. The Hall–Kier alpha value is -4.23. The number of nitriles is 1. The molecule has 0 fully saturated rings. The minimum atomic E-state index is -1.19. The minimum absolute atomic E-state index is 0.0374. The predicted octanol–water partition coefficient (Wildman–Crippen LogP) is 6.28. The third-order valence-corrected chi connectivity index (χ3v) is 6.15. The number of nitrogens with zero attached hydrogens (tertiary/aromatic N) is 4. The molecule has 0 saturated carbocycles. The van der Waals surface area contributed by atoms with Gasteiger partial charge in [0.05, 0.1) is 22.5 Å². The van der Waals surface area contributed by atoms with Gasteiger partial charge in [-0.3, -0.25) is 9.20 Å². The number of carbonyl (C=O) groups is 1. The summed E-state index contributed by atoms with van der Waals surface area (Å²) in [7, 11) is 0. The number of carbonyl (C=O) groups excluding carboxylic acids is 1. The molecule has 2 heterocycles. The van der Waals surface area contributed by atoms with Crippen LogP contribution in [0.1, 0.15) is 43.0 Å². The van der Waals surface area contributed by atoms with E-state index >= 15 is 0 Å². The molecule has 2 N–H and O–H groups in total. The molecule has 0 aliphatic carbocycles. The van der Waals surface area contributed by atoms with Crippen molar-refractivity contribution in [1.82, 2.24) is 19.7 Å². The van der Waals surface area contributed by atoms with E-state index in [1.54, 1.807) is 34.9 Å². The van der Waals surface area contributed by atoms with Crippen molar-refractivity contribution in [2.24, 2.45) is 0 Å². The molecule has 11 heteroatoms. The molecule has 0 spiro atoms. The maximum absolute atomic E-state index is 14.9. The van der Waals surface area contributed by atoms with Crippen LogP contribution < -0.4 is 15.4 Å². The summed E-state index contributed by atoms with van der Waals surface area (Å²) in [6, 6.07) is 9.26. The van der Waals surface area contributed by atoms with Crippen LogP contribution >= 0.6 is 11.6 Å². The first kappa shape index (κ1) is 26.8. The molecular weight excluding hydrogens is 514 g/mol. The third-order valence-electron chi connectivity index (χ3n) is 5.84. The molecule has 4 rings (SSSR count). The Morgan fingerprint density at radius 3 is 2.76 bits per heavy atom. The maximum atomic E-state index is 14.9. The number of nitrogens with one attached hydrogen (secondary N) is 2. The van der Waals surface area contributed by atoms with Crippen LogP contribution in [0.15, 0.2) is 48.9 Å². The lowest BCUT2D eigenvalue weighted by molar-refractivity contribution is 0.0953. The van der Waals surface area contributed by atoms with Gasteiger partial charge in [-0.2, -0.15) is 9.65 Å². The Morgan fingerprint density at radius 1 is 1.16 bits per heavy atom. The van der Waals surface area contributed by atoms with Gasteiger partial charge in [-0.05, 0) is 36.8 Å². The van der Waals surface area contributed by atoms with Gasteiger partial charge in [0.1, 0.15) is 6.07 Å². The fourth-order valence-electron chi connectivity index (χ4n) is 3.92. The largest absolute Gasteiger partial charge is 0.476 e. The Bertz CT molecular complexity index is 1500. The second-order valence-corrected chi connectivity index (χ2v) is 8.84. The van der Waals surface area contributed by atoms with Crippen LogP contribution in [0, 0.1) is 23.0 Å². The smallest absolute Gasteiger partial charge is 0.252 e. The standard InChI is InChI=1S/C27H25ClF2N6O2/c1-2-3-4-5-11-33-27(37)18-7-6-17(15-20(18)28)35-25-26-34-16-21(36(26)13-12-32-25)19-8-9-22(38-14-10-31)24(30)23(19)29/h6-9,12-13,15-16H,2-5,11,14H2,1H3,(H,32,35)(H,33,37). The van der Waals surface area contributed by atoms with Crippen LogP contribution in [0.2, 0.25) is 5.02 Å². The summed E-state index contributed by atoms with van der Waals surface area (Å²) in [5.74, 6) is -2.57. The molecule has 196 valence electrons. The van der Waals surface area contributed by atoms with E-state index in [2.05, 4.69) is 27.5 Å². The number of benzene rings is 2. The van der Waals surface area contributed by atoms with E-state index in [-0.39, 0.29) is 27.9 Å². The van der Waals surface area contributed by atoms with E-state index in [0.29, 0.717) is 29.3 Å². The molecule has 4 aromatic rings. The van der Waals surface area contributed by atoms with E-state index < -0.39 is 18.2 Å². The van der Waals surface area contributed by atoms with Crippen molar-refractivity contribution >= 4 is 34.7 Å². The molecule has 2 aromatic heterocycles. The van der Waals surface area contributed by atoms with Crippen LogP contribution in [0.25, 0.3) is 16.9 Å². The number of imidazole rings is 1. The highest BCUT2D eigenvalue weighted by Gasteiger charge is 2.20. The zero-order valence-electron chi connectivity index (χ0n) is 20.6. The topological polar surface area (TPSA) is 104 Å². The van der Waals surface area contributed by atoms with E-state index in [0.717, 1.165) is 25.7 Å². The summed E-state index contributed by atoms with van der Waals surface area (Å²) in [6.45, 7) is 2.31. The number of amides is 1. The van der Waals surface area contributed by atoms with Crippen LogP contribution in [-0.2, 0) is 0 Å². The molecule has 38 heavy (non-hydrogen) atoms. The summed E-state index contributed by atoms with van der Waals surface area (Å²) < 4.78 is 35.8. The van der Waals surface area contributed by atoms with Crippen molar-refractivity contribution in [2.75, 3.05) is 18.5 Å². The molecule has 0 aliphatic rings. The van der Waals surface area contributed by atoms with Crippen molar-refractivity contribution < 1.29 is 18.3 Å². The Kier molecular flexibility index (Phi) is 8.71. The van der Waals surface area contributed by atoms with E-state index in [1.807, 2.05) is 0 Å². The molecule has 0 atom stereocenters. The highest BCUT2D eigenvalue weighted by atomic mass is 35.5. The Balaban J connectivity index is 1.54. The first-order valence-corrected chi connectivity index (χ1v) is 12.5. The fourth-order valence-corrected chi connectivity index (χ4v) is 4.19. The minimum Gasteiger partial charge on any atom is -0.476 e. The van der Waals surface area contributed by atoms with Crippen LogP contribution in [0.4, 0.5) is 20.3 Å². The quantitative estimate of drug-likeness (QED) is 0.218. The van der Waals surface area contributed by atoms with Crippen molar-refractivity contribution in [3.05, 3.63) is 71.1 Å². The lowest BCUT2D eigenvalue weighted by Crippen LogP contribution is -2.24. The van der Waals surface area contributed by atoms with Gasteiger partial charge in [0.25, 0.3) is 5.91 Å². The summed E-state index contributed by atoms with van der Waals surface area (Å²) in [5.41, 5.74) is 1.54. The number of anilines is 2. The van der Waals surface area contributed by atoms with Gasteiger partial charge in [-0.15, -0.1) is 0 Å². The SMILES string of the molecule is CCCCCCNC(=O)c1ccc(Nc2nccn3c(-c4ccc(OCC#N)c(F)c4F)cnc23)cc1Cl. The first-order chi connectivity index (χ1) is 18.4. The number of hydrogen-bond acceptors (Lipinski definition) is 6. The van der Waals surface area contributed by atoms with E-state index in [9.17, 15) is 13.6 Å². The van der Waals surface area contributed by atoms with E-state index in [4.69, 9.17) is 21.6 Å². The zero-order chi connectivity index (χ0) is 27.1. The second kappa shape index (κ2) is 12.3. The number of rotatable bonds is 11. The fraction of sp³-hybridized carbons (Fsp3) is 0.259. The molecule has 2 aromatic carbocycles. The van der Waals surface area contributed by atoms with E-state index in [1.165, 1.54) is 24.5 Å². The van der Waals surface area contributed by atoms with Gasteiger partial charge in [-0.25, -0.2) is 14.4 Å². The Morgan fingerprint density at radius 2 is 2.00 bits per heavy atom. The van der Waals surface area contributed by atoms with Crippen molar-refractivity contribution in [1.29, 1.82) is 5.26 Å². The highest BCUT2D eigenvalue weighted by Crippen LogP contribution is 2.32. The summed E-state index contributed by atoms with van der Waals surface area (Å²) in [4.78, 5) is 21.1. The lowest BCUT2D eigenvalue weighted by Gasteiger charge is -2.11.